The van der Waals surface area contributed by atoms with Gasteiger partial charge in [-0.1, -0.05) is 26.4 Å². The molecule has 7 heteroatoms. The van der Waals surface area contributed by atoms with Crippen LogP contribution in [0.4, 0.5) is 19.4 Å². The van der Waals surface area contributed by atoms with E-state index in [1.165, 1.54) is 6.92 Å². The first-order chi connectivity index (χ1) is 4.04. The van der Waals surface area contributed by atoms with Gasteiger partial charge in [-0.3, -0.25) is 0 Å². The molecule has 0 rings (SSSR count). The van der Waals surface area contributed by atoms with Crippen LogP contribution in [0.5, 0.6) is 0 Å². The molecule has 0 amide bonds. The standard InChI is InChI=1S/C3H7F5OS/c1-2-3-9-10(4,5,6,7)8/h2-3H2,1H3. The Bertz CT molecular complexity index is 122. The van der Waals surface area contributed by atoms with E-state index < -0.39 is 17.1 Å². The van der Waals surface area contributed by atoms with Crippen LogP contribution in [0.3, 0.4) is 0 Å². The summed E-state index contributed by atoms with van der Waals surface area (Å²) in [7, 11) is -9.56. The quantitative estimate of drug-likeness (QED) is 0.611. The van der Waals surface area contributed by atoms with Crippen LogP contribution in [0.2, 0.25) is 0 Å². The molecule has 0 aliphatic carbocycles. The average molecular weight is 186 g/mol. The number of hydrogen-bond acceptors (Lipinski definition) is 1. The molecule has 0 saturated carbocycles. The third-order valence-electron chi connectivity index (χ3n) is 0.510. The minimum absolute atomic E-state index is 0.0917. The van der Waals surface area contributed by atoms with Gasteiger partial charge in [-0.05, 0) is 6.42 Å². The molecule has 0 spiro atoms. The van der Waals surface area contributed by atoms with Crippen LogP contribution in [-0.2, 0) is 4.18 Å². The molecule has 10 heavy (non-hydrogen) atoms. The fourth-order valence-corrected chi connectivity index (χ4v) is 0.722. The third-order valence-corrected chi connectivity index (χ3v) is 1.12. The Balaban J connectivity index is 4.13. The molecule has 0 aromatic rings. The van der Waals surface area contributed by atoms with E-state index in [1.807, 2.05) is 0 Å². The molecule has 66 valence electrons. The fraction of sp³-hybridized carbons (Fsp3) is 1.00. The maximum absolute atomic E-state index is 11.2. The number of rotatable bonds is 3. The minimum Gasteiger partial charge on any atom is -0.240 e. The smallest absolute Gasteiger partial charge is 0.240 e. The van der Waals surface area contributed by atoms with Gasteiger partial charge in [-0.15, -0.1) is 0 Å². The van der Waals surface area contributed by atoms with E-state index in [4.69, 9.17) is 0 Å². The molecule has 0 aliphatic rings. The molecule has 0 unspecified atom stereocenters. The van der Waals surface area contributed by atoms with E-state index in [0.717, 1.165) is 0 Å². The maximum atomic E-state index is 11.2. The molecular weight excluding hydrogens is 179 g/mol. The van der Waals surface area contributed by atoms with Crippen LogP contribution in [-0.4, -0.2) is 6.61 Å². The lowest BCUT2D eigenvalue weighted by Gasteiger charge is -2.38. The molecule has 0 fully saturated rings. The lowest BCUT2D eigenvalue weighted by molar-refractivity contribution is 0.155. The first-order valence-electron chi connectivity index (χ1n) is 2.43. The van der Waals surface area contributed by atoms with E-state index in [2.05, 4.69) is 4.18 Å². The van der Waals surface area contributed by atoms with Gasteiger partial charge in [0.1, 0.15) is 0 Å². The zero-order chi connectivity index (χ0) is 8.53. The van der Waals surface area contributed by atoms with Crippen molar-refractivity contribution in [2.75, 3.05) is 6.61 Å². The van der Waals surface area contributed by atoms with Gasteiger partial charge in [0.15, 0.2) is 0 Å². The largest absolute Gasteiger partial charge is 0.397 e. The van der Waals surface area contributed by atoms with Gasteiger partial charge in [0.05, 0.1) is 6.61 Å². The Labute approximate surface area is 55.1 Å². The van der Waals surface area contributed by atoms with Crippen LogP contribution in [0.15, 0.2) is 0 Å². The first kappa shape index (κ1) is 9.96. The molecule has 0 aromatic carbocycles. The van der Waals surface area contributed by atoms with E-state index in [9.17, 15) is 19.4 Å². The van der Waals surface area contributed by atoms with Crippen molar-refractivity contribution in [3.8, 4) is 0 Å². The summed E-state index contributed by atoms with van der Waals surface area (Å²) in [6.45, 7) is 0.321. The summed E-state index contributed by atoms with van der Waals surface area (Å²) in [6.07, 6.45) is -0.0917. The predicted molar refractivity (Wildman–Crippen MR) is 29.4 cm³/mol. The van der Waals surface area contributed by atoms with Crippen LogP contribution >= 0.6 is 10.5 Å². The lowest BCUT2D eigenvalue weighted by atomic mass is 10.5. The summed E-state index contributed by atoms with van der Waals surface area (Å²) in [5.74, 6) is 0. The molecule has 0 saturated heterocycles. The Morgan fingerprint density at radius 2 is 1.50 bits per heavy atom. The third kappa shape index (κ3) is 7.96. The summed E-state index contributed by atoms with van der Waals surface area (Å²) < 4.78 is 58.4. The molecule has 0 aliphatic heterocycles. The molecule has 1 nitrogen and oxygen atoms in total. The molecule has 0 atom stereocenters. The van der Waals surface area contributed by atoms with Gasteiger partial charge in [0.2, 0.25) is 0 Å². The van der Waals surface area contributed by atoms with E-state index in [0.29, 0.717) is 0 Å². The fourth-order valence-electron chi connectivity index (χ4n) is 0.241. The van der Waals surface area contributed by atoms with Gasteiger partial charge < -0.3 is 0 Å². The van der Waals surface area contributed by atoms with Crippen molar-refractivity contribution in [1.82, 2.24) is 0 Å². The second-order valence-electron chi connectivity index (χ2n) is 1.72. The monoisotopic (exact) mass is 186 g/mol. The second kappa shape index (κ2) is 1.76. The summed E-state index contributed by atoms with van der Waals surface area (Å²) >= 11 is 0. The highest BCUT2D eigenvalue weighted by Gasteiger charge is 2.65. The Hall–Kier alpha value is -0.0400. The van der Waals surface area contributed by atoms with Crippen molar-refractivity contribution in [2.24, 2.45) is 0 Å². The normalized spacial score (nSPS) is 19.8. The zero-order valence-corrected chi connectivity index (χ0v) is 5.94. The predicted octanol–water partition coefficient (Wildman–Crippen LogP) is 3.63. The Morgan fingerprint density at radius 1 is 1.10 bits per heavy atom. The van der Waals surface area contributed by atoms with Crippen LogP contribution in [0.1, 0.15) is 13.3 Å². The highest BCUT2D eigenvalue weighted by Crippen LogP contribution is 2.98. The molecule has 0 heterocycles. The van der Waals surface area contributed by atoms with E-state index in [1.54, 1.807) is 0 Å². The Kier molecular flexibility index (Phi) is 1.75. The summed E-state index contributed by atoms with van der Waals surface area (Å²) in [4.78, 5) is 0. The SMILES string of the molecule is CCCOS(F)(F)(F)(F)F. The molecule has 0 N–H and O–H groups in total. The lowest BCUT2D eigenvalue weighted by Crippen LogP contribution is -2.10. The van der Waals surface area contributed by atoms with Crippen molar-refractivity contribution in [2.45, 2.75) is 13.3 Å². The van der Waals surface area contributed by atoms with Gasteiger partial charge >= 0.3 is 10.5 Å². The van der Waals surface area contributed by atoms with Crippen LogP contribution in [0.25, 0.3) is 0 Å². The first-order valence-corrected chi connectivity index (χ1v) is 4.31. The summed E-state index contributed by atoms with van der Waals surface area (Å²) in [5, 5.41) is 0. The molecule has 0 radical (unpaired) electrons. The summed E-state index contributed by atoms with van der Waals surface area (Å²) in [5.41, 5.74) is 0. The summed E-state index contributed by atoms with van der Waals surface area (Å²) in [6, 6.07) is 0. The number of hydrogen-bond donors (Lipinski definition) is 0. The van der Waals surface area contributed by atoms with Crippen molar-refractivity contribution in [3.05, 3.63) is 0 Å². The second-order valence-corrected chi connectivity index (χ2v) is 3.75. The van der Waals surface area contributed by atoms with Crippen LogP contribution < -0.4 is 0 Å². The van der Waals surface area contributed by atoms with Crippen molar-refractivity contribution in [1.29, 1.82) is 0 Å². The molecule has 0 bridgehead atoms. The van der Waals surface area contributed by atoms with Gasteiger partial charge in [-0.25, -0.2) is 4.18 Å². The van der Waals surface area contributed by atoms with Crippen molar-refractivity contribution < 1.29 is 23.6 Å². The average Bonchev–Trinajstić information content (AvgIpc) is 1.55. The van der Waals surface area contributed by atoms with Crippen molar-refractivity contribution in [3.63, 3.8) is 0 Å². The van der Waals surface area contributed by atoms with Gasteiger partial charge in [0.25, 0.3) is 0 Å². The van der Waals surface area contributed by atoms with Crippen LogP contribution in [0, 0.1) is 0 Å². The van der Waals surface area contributed by atoms with Crippen molar-refractivity contribution >= 4 is 10.5 Å². The molecule has 0 aromatic heterocycles. The highest BCUT2D eigenvalue weighted by atomic mass is 32.5. The Morgan fingerprint density at radius 3 is 1.60 bits per heavy atom. The zero-order valence-electron chi connectivity index (χ0n) is 5.12. The minimum atomic E-state index is -9.56. The van der Waals surface area contributed by atoms with E-state index in [-0.39, 0.29) is 6.42 Å². The van der Waals surface area contributed by atoms with E-state index >= 15 is 0 Å². The maximum Gasteiger partial charge on any atom is 0.397 e. The molecular formula is C3H7F5OS. The van der Waals surface area contributed by atoms with Gasteiger partial charge in [-0.2, -0.15) is 0 Å². The highest BCUT2D eigenvalue weighted by molar-refractivity contribution is 8.42. The van der Waals surface area contributed by atoms with Gasteiger partial charge in [0, 0.05) is 0 Å². The number of halogens is 5. The topological polar surface area (TPSA) is 9.23 Å².